The fourth-order valence-electron chi connectivity index (χ4n) is 5.40. The monoisotopic (exact) mass is 566 g/mol. The average molecular weight is 567 g/mol. The van der Waals surface area contributed by atoms with Gasteiger partial charge in [0, 0.05) is 86.8 Å². The van der Waals surface area contributed by atoms with E-state index in [2.05, 4.69) is 25.5 Å². The Morgan fingerprint density at radius 3 is 2.59 bits per heavy atom. The summed E-state index contributed by atoms with van der Waals surface area (Å²) in [6.07, 6.45) is 9.89. The maximum Gasteiger partial charge on any atom is 0.261 e. The van der Waals surface area contributed by atoms with Crippen molar-refractivity contribution in [2.24, 2.45) is 13.0 Å². The van der Waals surface area contributed by atoms with Gasteiger partial charge in [-0.3, -0.25) is 14.3 Å². The Labute approximate surface area is 242 Å². The molecule has 0 bridgehead atoms. The van der Waals surface area contributed by atoms with Crippen LogP contribution >= 0.6 is 11.6 Å². The molecule has 0 spiro atoms. The second-order valence-corrected chi connectivity index (χ2v) is 11.3. The van der Waals surface area contributed by atoms with Crippen LogP contribution in [0.5, 0.6) is 0 Å². The number of nitrogens with zero attached hydrogens (tertiary/aromatic N) is 6. The Hall–Kier alpha value is -4.21. The molecule has 0 amide bonds. The second kappa shape index (κ2) is 10.6. The summed E-state index contributed by atoms with van der Waals surface area (Å²) >= 11 is 6.66. The van der Waals surface area contributed by atoms with Crippen molar-refractivity contribution in [2.75, 3.05) is 36.4 Å². The van der Waals surface area contributed by atoms with Crippen LogP contribution in [0, 0.1) is 5.92 Å². The topological polar surface area (TPSA) is 92.9 Å². The zero-order chi connectivity index (χ0) is 27.9. The van der Waals surface area contributed by atoms with Gasteiger partial charge < -0.3 is 20.1 Å². The number of fused-ring (bicyclic) bond motifs is 1. The van der Waals surface area contributed by atoms with Gasteiger partial charge in [-0.2, -0.15) is 4.98 Å². The van der Waals surface area contributed by atoms with E-state index in [-0.39, 0.29) is 5.56 Å². The van der Waals surface area contributed by atoms with Gasteiger partial charge >= 0.3 is 0 Å². The lowest BCUT2D eigenvalue weighted by Gasteiger charge is -2.30. The van der Waals surface area contributed by atoms with E-state index < -0.39 is 0 Å². The minimum atomic E-state index is -0.0857. The maximum absolute atomic E-state index is 13.8. The first-order valence-electron chi connectivity index (χ1n) is 14.0. The van der Waals surface area contributed by atoms with Crippen molar-refractivity contribution >= 4 is 40.0 Å². The van der Waals surface area contributed by atoms with Crippen LogP contribution in [0.4, 0.5) is 17.3 Å². The van der Waals surface area contributed by atoms with Gasteiger partial charge in [0.25, 0.3) is 5.56 Å². The molecule has 0 unspecified atom stereocenters. The molecule has 9 nitrogen and oxygen atoms in total. The Balaban J connectivity index is 1.21. The fourth-order valence-corrected chi connectivity index (χ4v) is 5.70. The largest absolute Gasteiger partial charge is 0.368 e. The van der Waals surface area contributed by atoms with Crippen LogP contribution in [0.1, 0.15) is 12.8 Å². The number of piperazine rings is 1. The minimum absolute atomic E-state index is 0.0857. The van der Waals surface area contributed by atoms with Gasteiger partial charge in [0.15, 0.2) is 0 Å². The number of benzene rings is 1. The minimum Gasteiger partial charge on any atom is -0.368 e. The lowest BCUT2D eigenvalue weighted by atomic mass is 10.1. The molecule has 1 aliphatic heterocycles. The quantitative estimate of drug-likeness (QED) is 0.284. The van der Waals surface area contributed by atoms with E-state index in [1.54, 1.807) is 10.8 Å². The first-order chi connectivity index (χ1) is 20.0. The summed E-state index contributed by atoms with van der Waals surface area (Å²) in [5.41, 5.74) is 5.64. The molecule has 0 atom stereocenters. The summed E-state index contributed by atoms with van der Waals surface area (Å²) in [5.74, 6) is 0.910. The third kappa shape index (κ3) is 5.30. The number of aromatic nitrogens is 5. The lowest BCUT2D eigenvalue weighted by molar-refractivity contribution is 0.589. The molecular weight excluding hydrogens is 536 g/mol. The molecule has 41 heavy (non-hydrogen) atoms. The van der Waals surface area contributed by atoms with Crippen molar-refractivity contribution in [1.82, 2.24) is 29.4 Å². The number of hydrogen-bond acceptors (Lipinski definition) is 7. The van der Waals surface area contributed by atoms with Crippen molar-refractivity contribution in [3.8, 4) is 22.4 Å². The van der Waals surface area contributed by atoms with E-state index in [9.17, 15) is 4.79 Å². The molecule has 0 radical (unpaired) electrons. The van der Waals surface area contributed by atoms with Crippen LogP contribution in [-0.2, 0) is 13.6 Å². The van der Waals surface area contributed by atoms with Crippen molar-refractivity contribution in [2.45, 2.75) is 19.4 Å². The van der Waals surface area contributed by atoms with Crippen molar-refractivity contribution < 1.29 is 0 Å². The van der Waals surface area contributed by atoms with Gasteiger partial charge in [-0.05, 0) is 55.2 Å². The molecule has 7 rings (SSSR count). The summed E-state index contributed by atoms with van der Waals surface area (Å²) in [6, 6.07) is 13.7. The van der Waals surface area contributed by atoms with E-state index in [1.807, 2.05) is 72.7 Å². The summed E-state index contributed by atoms with van der Waals surface area (Å²) in [4.78, 5) is 30.1. The first-order valence-corrected chi connectivity index (χ1v) is 14.4. The van der Waals surface area contributed by atoms with Gasteiger partial charge in [0.2, 0.25) is 5.95 Å². The predicted octanol–water partition coefficient (Wildman–Crippen LogP) is 5.08. The molecule has 2 aliphatic rings. The van der Waals surface area contributed by atoms with Crippen LogP contribution in [0.2, 0.25) is 5.02 Å². The summed E-state index contributed by atoms with van der Waals surface area (Å²) < 4.78 is 3.80. The van der Waals surface area contributed by atoms with Crippen LogP contribution in [0.3, 0.4) is 0 Å². The van der Waals surface area contributed by atoms with E-state index >= 15 is 0 Å². The third-order valence-corrected chi connectivity index (χ3v) is 8.13. The van der Waals surface area contributed by atoms with Crippen LogP contribution in [-0.4, -0.2) is 50.3 Å². The first kappa shape index (κ1) is 25.7. The average Bonchev–Trinajstić information content (AvgIpc) is 3.71. The number of anilines is 3. The van der Waals surface area contributed by atoms with Crippen LogP contribution in [0.25, 0.3) is 33.4 Å². The highest BCUT2D eigenvalue weighted by Crippen LogP contribution is 2.33. The number of pyridine rings is 2. The highest BCUT2D eigenvalue weighted by Gasteiger charge is 2.25. The Kier molecular flexibility index (Phi) is 6.68. The predicted molar refractivity (Wildman–Crippen MR) is 164 cm³/mol. The smallest absolute Gasteiger partial charge is 0.261 e. The molecule has 10 heteroatoms. The van der Waals surface area contributed by atoms with Crippen LogP contribution in [0.15, 0.2) is 72.0 Å². The summed E-state index contributed by atoms with van der Waals surface area (Å²) in [7, 11) is 1.99. The SMILES string of the molecule is Cn1ccc(-c2ccc(-c3cc4cnc(Nc5ccc(N6CCNCC6)c(Cl)c5)nc4n(CC4CC4)c3=O)nc2)c1. The molecule has 1 saturated heterocycles. The van der Waals surface area contributed by atoms with Gasteiger partial charge in [0.05, 0.1) is 22.0 Å². The third-order valence-electron chi connectivity index (χ3n) is 7.83. The van der Waals surface area contributed by atoms with Crippen molar-refractivity contribution in [3.05, 3.63) is 82.6 Å². The molecule has 1 aliphatic carbocycles. The molecule has 1 aromatic carbocycles. The number of rotatable bonds is 7. The van der Waals surface area contributed by atoms with E-state index in [4.69, 9.17) is 16.6 Å². The standard InChI is InChI=1S/C31H31ClN8O/c1-38-11-8-22(19-38)21-4-6-27(34-16-21)25-14-23-17-35-31(37-29(23)40(30(25)41)18-20-2-3-20)36-24-5-7-28(26(32)15-24)39-12-9-33-10-13-39/h4-8,11,14-17,19-20,33H,2-3,9-10,12-13,18H2,1H3,(H,35,36,37). The normalized spacial score (nSPS) is 15.4. The Bertz CT molecular complexity index is 1780. The number of halogens is 1. The van der Waals surface area contributed by atoms with E-state index in [1.165, 1.54) is 0 Å². The fraction of sp³-hybridized carbons (Fsp3) is 0.290. The van der Waals surface area contributed by atoms with Crippen molar-refractivity contribution in [1.29, 1.82) is 0 Å². The summed E-state index contributed by atoms with van der Waals surface area (Å²) in [5, 5.41) is 8.13. The van der Waals surface area contributed by atoms with E-state index in [0.29, 0.717) is 40.3 Å². The van der Waals surface area contributed by atoms with Gasteiger partial charge in [0.1, 0.15) is 5.65 Å². The Morgan fingerprint density at radius 1 is 1.02 bits per heavy atom. The Morgan fingerprint density at radius 2 is 1.88 bits per heavy atom. The molecule has 2 N–H and O–H groups in total. The molecule has 208 valence electrons. The van der Waals surface area contributed by atoms with Gasteiger partial charge in [-0.25, -0.2) is 4.98 Å². The molecule has 4 aromatic heterocycles. The number of nitrogens with one attached hydrogen (secondary N) is 2. The molecular formula is C31H31ClN8O. The number of hydrogen-bond donors (Lipinski definition) is 2. The molecule has 1 saturated carbocycles. The molecule has 5 heterocycles. The zero-order valence-corrected chi connectivity index (χ0v) is 23.6. The highest BCUT2D eigenvalue weighted by molar-refractivity contribution is 6.33. The summed E-state index contributed by atoms with van der Waals surface area (Å²) in [6.45, 7) is 4.37. The van der Waals surface area contributed by atoms with Crippen LogP contribution < -0.4 is 21.1 Å². The number of aryl methyl sites for hydroxylation is 1. The highest BCUT2D eigenvalue weighted by atomic mass is 35.5. The van der Waals surface area contributed by atoms with Crippen molar-refractivity contribution in [3.63, 3.8) is 0 Å². The second-order valence-electron chi connectivity index (χ2n) is 10.9. The lowest BCUT2D eigenvalue weighted by Crippen LogP contribution is -2.43. The molecule has 5 aromatic rings. The maximum atomic E-state index is 13.8. The van der Waals surface area contributed by atoms with E-state index in [0.717, 1.165) is 66.9 Å². The molecule has 2 fully saturated rings. The van der Waals surface area contributed by atoms with Gasteiger partial charge in [-0.15, -0.1) is 0 Å². The zero-order valence-electron chi connectivity index (χ0n) is 22.8. The van der Waals surface area contributed by atoms with Gasteiger partial charge in [-0.1, -0.05) is 17.7 Å².